The summed E-state index contributed by atoms with van der Waals surface area (Å²) >= 11 is 5.96. The Morgan fingerprint density at radius 2 is 2.00 bits per heavy atom. The van der Waals surface area contributed by atoms with Crippen molar-refractivity contribution in [2.24, 2.45) is 0 Å². The molecule has 5 rings (SSSR count). The highest BCUT2D eigenvalue weighted by Crippen LogP contribution is 2.25. The Labute approximate surface area is 159 Å². The summed E-state index contributed by atoms with van der Waals surface area (Å²) in [4.78, 5) is 23.4. The van der Waals surface area contributed by atoms with E-state index in [1.807, 2.05) is 18.2 Å². The fourth-order valence-electron chi connectivity index (χ4n) is 3.39. The fraction of sp³-hybridized carbons (Fsp3) is 0.211. The fourth-order valence-corrected chi connectivity index (χ4v) is 3.54. The predicted octanol–water partition coefficient (Wildman–Crippen LogP) is 2.57. The van der Waals surface area contributed by atoms with Gasteiger partial charge >= 0.3 is 5.63 Å². The van der Waals surface area contributed by atoms with Crippen LogP contribution in [0.15, 0.2) is 52.1 Å². The normalized spacial score (nSPS) is 14.9. The number of anilines is 1. The van der Waals surface area contributed by atoms with Gasteiger partial charge in [-0.15, -0.1) is 0 Å². The Bertz CT molecular complexity index is 1210. The molecule has 27 heavy (non-hydrogen) atoms. The maximum atomic E-state index is 12.6. The van der Waals surface area contributed by atoms with Crippen LogP contribution in [0.3, 0.4) is 0 Å². The monoisotopic (exact) mass is 381 g/mol. The van der Waals surface area contributed by atoms with Crippen LogP contribution < -0.4 is 15.8 Å². The molecule has 1 saturated heterocycles. The molecule has 4 aromatic rings. The Balaban J connectivity index is 1.58. The number of hydrogen-bond acceptors (Lipinski definition) is 6. The Kier molecular flexibility index (Phi) is 3.84. The molecule has 0 unspecified atom stereocenters. The molecule has 0 bridgehead atoms. The number of fused-ring (bicyclic) bond motifs is 2. The topological polar surface area (TPSA) is 75.7 Å². The molecule has 136 valence electrons. The molecule has 1 aromatic carbocycles. The van der Waals surface area contributed by atoms with Gasteiger partial charge in [-0.3, -0.25) is 4.40 Å². The lowest BCUT2D eigenvalue weighted by atomic mass is 10.1. The molecule has 3 aromatic heterocycles. The number of nitrogens with zero attached hydrogens (tertiary/aromatic N) is 4. The van der Waals surface area contributed by atoms with Crippen molar-refractivity contribution in [3.05, 3.63) is 58.3 Å². The summed E-state index contributed by atoms with van der Waals surface area (Å²) in [7, 11) is 0. The molecule has 0 spiro atoms. The van der Waals surface area contributed by atoms with Gasteiger partial charge in [0.2, 0.25) is 5.78 Å². The lowest BCUT2D eigenvalue weighted by Crippen LogP contribution is -2.43. The first-order valence-corrected chi connectivity index (χ1v) is 9.09. The minimum Gasteiger partial charge on any atom is -0.422 e. The molecule has 1 N–H and O–H groups in total. The molecule has 0 atom stereocenters. The predicted molar refractivity (Wildman–Crippen MR) is 105 cm³/mol. The molecule has 8 heteroatoms. The number of nitrogens with one attached hydrogen (secondary N) is 1. The van der Waals surface area contributed by atoms with E-state index in [4.69, 9.17) is 16.0 Å². The van der Waals surface area contributed by atoms with Crippen LogP contribution in [0.25, 0.3) is 28.0 Å². The van der Waals surface area contributed by atoms with E-state index in [9.17, 15) is 4.79 Å². The van der Waals surface area contributed by atoms with Crippen LogP contribution >= 0.6 is 11.6 Å². The highest BCUT2D eigenvalue weighted by atomic mass is 35.5. The molecule has 1 aliphatic rings. The average Bonchev–Trinajstić information content (AvgIpc) is 3.10. The number of imidazole rings is 1. The third kappa shape index (κ3) is 2.94. The zero-order valence-corrected chi connectivity index (χ0v) is 15.1. The third-order valence-corrected chi connectivity index (χ3v) is 4.95. The minimum atomic E-state index is -0.422. The van der Waals surface area contributed by atoms with Crippen LogP contribution in [0, 0.1) is 0 Å². The summed E-state index contributed by atoms with van der Waals surface area (Å²) in [5.74, 6) is 0.475. The van der Waals surface area contributed by atoms with Gasteiger partial charge in [0.05, 0.1) is 22.5 Å². The van der Waals surface area contributed by atoms with Crippen molar-refractivity contribution in [3.63, 3.8) is 0 Å². The number of piperazine rings is 1. The van der Waals surface area contributed by atoms with Crippen molar-refractivity contribution in [1.82, 2.24) is 19.7 Å². The summed E-state index contributed by atoms with van der Waals surface area (Å²) in [5.41, 5.74) is 2.12. The lowest BCUT2D eigenvalue weighted by molar-refractivity contribution is 0.561. The van der Waals surface area contributed by atoms with Crippen molar-refractivity contribution in [2.45, 2.75) is 0 Å². The van der Waals surface area contributed by atoms with Crippen LogP contribution in [0.4, 0.5) is 5.69 Å². The second kappa shape index (κ2) is 6.37. The third-order valence-electron chi connectivity index (χ3n) is 4.76. The van der Waals surface area contributed by atoms with E-state index in [0.717, 1.165) is 37.3 Å². The highest BCUT2D eigenvalue weighted by molar-refractivity contribution is 6.30. The zero-order valence-electron chi connectivity index (χ0n) is 14.4. The number of benzene rings is 1. The number of aromatic nitrogens is 3. The second-order valence-electron chi connectivity index (χ2n) is 6.51. The van der Waals surface area contributed by atoms with Crippen LogP contribution in [-0.4, -0.2) is 40.5 Å². The summed E-state index contributed by atoms with van der Waals surface area (Å²) < 4.78 is 7.29. The molecule has 1 fully saturated rings. The van der Waals surface area contributed by atoms with E-state index in [0.29, 0.717) is 27.6 Å². The van der Waals surface area contributed by atoms with E-state index < -0.39 is 5.63 Å². The van der Waals surface area contributed by atoms with Gasteiger partial charge in [0, 0.05) is 55.7 Å². The van der Waals surface area contributed by atoms with E-state index in [2.05, 4.69) is 26.3 Å². The highest BCUT2D eigenvalue weighted by Gasteiger charge is 2.15. The zero-order chi connectivity index (χ0) is 18.4. The average molecular weight is 382 g/mol. The van der Waals surface area contributed by atoms with Crippen LogP contribution in [0.5, 0.6) is 0 Å². The maximum absolute atomic E-state index is 12.6. The van der Waals surface area contributed by atoms with Crippen molar-refractivity contribution in [1.29, 1.82) is 0 Å². The van der Waals surface area contributed by atoms with Gasteiger partial charge in [-0.1, -0.05) is 11.6 Å². The molecular formula is C19H16ClN5O2. The Hall–Kier alpha value is -2.90. The molecule has 0 amide bonds. The second-order valence-corrected chi connectivity index (χ2v) is 6.95. The quantitative estimate of drug-likeness (QED) is 0.538. The van der Waals surface area contributed by atoms with E-state index in [-0.39, 0.29) is 0 Å². The van der Waals surface area contributed by atoms with Crippen molar-refractivity contribution >= 4 is 34.0 Å². The van der Waals surface area contributed by atoms with E-state index in [1.165, 1.54) is 6.20 Å². The van der Waals surface area contributed by atoms with Gasteiger partial charge in [0.15, 0.2) is 0 Å². The van der Waals surface area contributed by atoms with Crippen molar-refractivity contribution in [3.8, 4) is 11.3 Å². The van der Waals surface area contributed by atoms with Gasteiger partial charge in [-0.25, -0.2) is 14.8 Å². The Morgan fingerprint density at radius 3 is 2.85 bits per heavy atom. The number of halogens is 1. The summed E-state index contributed by atoms with van der Waals surface area (Å²) in [5, 5.41) is 4.68. The molecular weight excluding hydrogens is 366 g/mol. The molecule has 7 nitrogen and oxygen atoms in total. The summed E-state index contributed by atoms with van der Waals surface area (Å²) in [6.45, 7) is 3.77. The number of hydrogen-bond donors (Lipinski definition) is 1. The summed E-state index contributed by atoms with van der Waals surface area (Å²) in [6, 6.07) is 7.77. The van der Waals surface area contributed by atoms with Gasteiger partial charge in [0.25, 0.3) is 0 Å². The van der Waals surface area contributed by atoms with Gasteiger partial charge < -0.3 is 14.6 Å². The van der Waals surface area contributed by atoms with Crippen LogP contribution in [0.2, 0.25) is 5.02 Å². The first-order valence-electron chi connectivity index (χ1n) is 8.71. The molecule has 4 heterocycles. The standard InChI is InChI=1S/C19H16ClN5O2/c20-13-9-22-19-23-16(11-25(19)10-13)15-7-12-1-2-14(8-17(12)27-18(15)26)24-5-3-21-4-6-24/h1-2,7-11,21H,3-6H2. The first kappa shape index (κ1) is 16.3. The van der Waals surface area contributed by atoms with Gasteiger partial charge in [-0.05, 0) is 18.2 Å². The SMILES string of the molecule is O=c1oc2cc(N3CCNCC3)ccc2cc1-c1cn2cc(Cl)cnc2n1. The van der Waals surface area contributed by atoms with Crippen LogP contribution in [-0.2, 0) is 0 Å². The first-order chi connectivity index (χ1) is 13.2. The van der Waals surface area contributed by atoms with Gasteiger partial charge in [0.1, 0.15) is 5.58 Å². The number of rotatable bonds is 2. The molecule has 0 saturated carbocycles. The minimum absolute atomic E-state index is 0.402. The van der Waals surface area contributed by atoms with Crippen molar-refractivity contribution in [2.75, 3.05) is 31.1 Å². The van der Waals surface area contributed by atoms with Gasteiger partial charge in [-0.2, -0.15) is 0 Å². The lowest BCUT2D eigenvalue weighted by Gasteiger charge is -2.29. The smallest absolute Gasteiger partial charge is 0.345 e. The summed E-state index contributed by atoms with van der Waals surface area (Å²) in [6.07, 6.45) is 4.94. The molecule has 0 aliphatic carbocycles. The van der Waals surface area contributed by atoms with Crippen molar-refractivity contribution < 1.29 is 4.42 Å². The van der Waals surface area contributed by atoms with E-state index >= 15 is 0 Å². The maximum Gasteiger partial charge on any atom is 0.345 e. The molecule has 1 aliphatic heterocycles. The van der Waals surface area contributed by atoms with E-state index in [1.54, 1.807) is 16.8 Å². The largest absolute Gasteiger partial charge is 0.422 e. The Morgan fingerprint density at radius 1 is 1.15 bits per heavy atom. The van der Waals surface area contributed by atoms with Crippen LogP contribution in [0.1, 0.15) is 0 Å². The molecule has 0 radical (unpaired) electrons.